The van der Waals surface area contributed by atoms with Crippen molar-refractivity contribution in [2.45, 2.75) is 12.2 Å². The molecule has 0 bridgehead atoms. The normalized spacial score (nSPS) is 17.7. The molecule has 4 rings (SSSR count). The summed E-state index contributed by atoms with van der Waals surface area (Å²) in [6.07, 6.45) is 0.859. The molecular formula is C20H22N2O4S. The fraction of sp³-hybridized carbons (Fsp3) is 0.350. The van der Waals surface area contributed by atoms with Crippen LogP contribution >= 0.6 is 0 Å². The van der Waals surface area contributed by atoms with Crippen LogP contribution in [0.4, 0.5) is 5.69 Å². The van der Waals surface area contributed by atoms with Crippen molar-refractivity contribution in [3.8, 4) is 0 Å². The highest BCUT2D eigenvalue weighted by atomic mass is 32.2. The van der Waals surface area contributed by atoms with E-state index in [-0.39, 0.29) is 11.7 Å². The smallest absolute Gasteiger partial charge is 0.258 e. The number of fused-ring (bicyclic) bond motifs is 1. The molecule has 27 heavy (non-hydrogen) atoms. The summed E-state index contributed by atoms with van der Waals surface area (Å²) in [4.78, 5) is 14.6. The molecule has 0 aromatic heterocycles. The number of carbonyl (C=O) groups is 1. The maximum atomic E-state index is 12.8. The lowest BCUT2D eigenvalue weighted by atomic mass is 10.1. The van der Waals surface area contributed by atoms with Gasteiger partial charge in [0.2, 0.25) is 10.0 Å². The fourth-order valence-corrected chi connectivity index (χ4v) is 5.08. The number of rotatable bonds is 4. The molecule has 6 nitrogen and oxygen atoms in total. The summed E-state index contributed by atoms with van der Waals surface area (Å²) in [6, 6.07) is 14.8. The van der Waals surface area contributed by atoms with Gasteiger partial charge < -0.3 is 9.64 Å². The lowest BCUT2D eigenvalue weighted by molar-refractivity contribution is 0.0729. The van der Waals surface area contributed by atoms with Crippen LogP contribution in [-0.4, -0.2) is 51.5 Å². The average molecular weight is 386 g/mol. The van der Waals surface area contributed by atoms with Crippen LogP contribution in [0.1, 0.15) is 21.5 Å². The zero-order valence-electron chi connectivity index (χ0n) is 15.0. The summed E-state index contributed by atoms with van der Waals surface area (Å²) >= 11 is 0. The highest BCUT2D eigenvalue weighted by Crippen LogP contribution is 2.29. The van der Waals surface area contributed by atoms with Crippen molar-refractivity contribution in [2.24, 2.45) is 0 Å². The molecule has 2 aromatic carbocycles. The van der Waals surface area contributed by atoms with Crippen LogP contribution in [0, 0.1) is 0 Å². The van der Waals surface area contributed by atoms with Crippen molar-refractivity contribution in [3.05, 3.63) is 65.2 Å². The molecule has 142 valence electrons. The van der Waals surface area contributed by atoms with Gasteiger partial charge in [-0.3, -0.25) is 4.79 Å². The van der Waals surface area contributed by atoms with Gasteiger partial charge in [0.05, 0.1) is 19.0 Å². The van der Waals surface area contributed by atoms with Crippen LogP contribution in [-0.2, 0) is 26.9 Å². The summed E-state index contributed by atoms with van der Waals surface area (Å²) in [5.41, 5.74) is 3.39. The van der Waals surface area contributed by atoms with Crippen molar-refractivity contribution in [1.82, 2.24) is 4.31 Å². The Morgan fingerprint density at radius 1 is 0.963 bits per heavy atom. The predicted octanol–water partition coefficient (Wildman–Crippen LogP) is 2.05. The molecule has 1 amide bonds. The largest absolute Gasteiger partial charge is 0.379 e. The molecular weight excluding hydrogens is 364 g/mol. The van der Waals surface area contributed by atoms with Crippen LogP contribution in [0.2, 0.25) is 0 Å². The number of anilines is 1. The van der Waals surface area contributed by atoms with E-state index in [0.717, 1.165) is 12.1 Å². The molecule has 2 aliphatic heterocycles. The number of para-hydroxylation sites is 1. The number of benzene rings is 2. The molecule has 0 atom stereocenters. The Balaban J connectivity index is 1.47. The molecule has 7 heteroatoms. The summed E-state index contributed by atoms with van der Waals surface area (Å²) in [5.74, 6) is -0.115. The molecule has 0 radical (unpaired) electrons. The van der Waals surface area contributed by atoms with E-state index < -0.39 is 10.0 Å². The fourth-order valence-electron chi connectivity index (χ4n) is 3.58. The molecule has 2 heterocycles. The van der Waals surface area contributed by atoms with Crippen molar-refractivity contribution >= 4 is 21.6 Å². The van der Waals surface area contributed by atoms with Crippen LogP contribution in [0.25, 0.3) is 0 Å². The number of carbonyl (C=O) groups excluding carboxylic acids is 1. The molecule has 0 spiro atoms. The van der Waals surface area contributed by atoms with Gasteiger partial charge in [0.1, 0.15) is 0 Å². The number of hydrogen-bond acceptors (Lipinski definition) is 4. The van der Waals surface area contributed by atoms with Gasteiger partial charge in [-0.2, -0.15) is 4.31 Å². The van der Waals surface area contributed by atoms with Crippen molar-refractivity contribution < 1.29 is 17.9 Å². The number of ether oxygens (including phenoxy) is 1. The summed E-state index contributed by atoms with van der Waals surface area (Å²) < 4.78 is 31.7. The topological polar surface area (TPSA) is 66.9 Å². The quantitative estimate of drug-likeness (QED) is 0.807. The van der Waals surface area contributed by atoms with Gasteiger partial charge in [-0.05, 0) is 35.7 Å². The number of sulfonamides is 1. The summed E-state index contributed by atoms with van der Waals surface area (Å²) in [6.45, 7) is 2.33. The van der Waals surface area contributed by atoms with Gasteiger partial charge in [-0.1, -0.05) is 30.3 Å². The van der Waals surface area contributed by atoms with E-state index in [1.54, 1.807) is 29.2 Å². The number of hydrogen-bond donors (Lipinski definition) is 0. The first-order chi connectivity index (χ1) is 13.0. The first-order valence-electron chi connectivity index (χ1n) is 9.09. The lowest BCUT2D eigenvalue weighted by Crippen LogP contribution is -2.41. The molecule has 1 saturated heterocycles. The predicted molar refractivity (Wildman–Crippen MR) is 103 cm³/mol. The maximum Gasteiger partial charge on any atom is 0.258 e. The standard InChI is InChI=1S/C20H22N2O4S/c23-20(22-10-9-17-3-1-2-4-19(17)22)18-7-5-16(6-8-18)15-27(24,25)21-11-13-26-14-12-21/h1-8H,9-15H2. The van der Waals surface area contributed by atoms with Crippen LogP contribution in [0.3, 0.4) is 0 Å². The van der Waals surface area contributed by atoms with E-state index in [1.165, 1.54) is 9.87 Å². The van der Waals surface area contributed by atoms with E-state index in [0.29, 0.717) is 44.0 Å². The van der Waals surface area contributed by atoms with E-state index in [9.17, 15) is 13.2 Å². The minimum Gasteiger partial charge on any atom is -0.379 e. The Labute approximate surface area is 159 Å². The SMILES string of the molecule is O=C(c1ccc(CS(=O)(=O)N2CCOCC2)cc1)N1CCc2ccccc21. The lowest BCUT2D eigenvalue weighted by Gasteiger charge is -2.26. The van der Waals surface area contributed by atoms with Gasteiger partial charge in [0.15, 0.2) is 0 Å². The number of amides is 1. The van der Waals surface area contributed by atoms with Gasteiger partial charge in [0, 0.05) is 30.9 Å². The first-order valence-corrected chi connectivity index (χ1v) is 10.7. The Bertz CT molecular complexity index is 935. The van der Waals surface area contributed by atoms with Crippen molar-refractivity contribution in [1.29, 1.82) is 0 Å². The van der Waals surface area contributed by atoms with Crippen LogP contribution in [0.5, 0.6) is 0 Å². The van der Waals surface area contributed by atoms with E-state index in [4.69, 9.17) is 4.74 Å². The second-order valence-corrected chi connectivity index (χ2v) is 8.77. The van der Waals surface area contributed by atoms with Gasteiger partial charge in [0.25, 0.3) is 5.91 Å². The summed E-state index contributed by atoms with van der Waals surface area (Å²) in [5, 5.41) is 0. The monoisotopic (exact) mass is 386 g/mol. The van der Waals surface area contributed by atoms with E-state index >= 15 is 0 Å². The Morgan fingerprint density at radius 3 is 2.41 bits per heavy atom. The van der Waals surface area contributed by atoms with E-state index in [1.807, 2.05) is 24.3 Å². The molecule has 0 saturated carbocycles. The minimum absolute atomic E-state index is 0.0532. The third kappa shape index (κ3) is 3.76. The zero-order chi connectivity index (χ0) is 18.9. The molecule has 0 N–H and O–H groups in total. The Kier molecular flexibility index (Phi) is 4.99. The van der Waals surface area contributed by atoms with Gasteiger partial charge in [-0.15, -0.1) is 0 Å². The highest BCUT2D eigenvalue weighted by molar-refractivity contribution is 7.88. The average Bonchev–Trinajstić information content (AvgIpc) is 3.13. The second-order valence-electron chi connectivity index (χ2n) is 6.80. The Morgan fingerprint density at radius 2 is 1.67 bits per heavy atom. The highest BCUT2D eigenvalue weighted by Gasteiger charge is 2.26. The van der Waals surface area contributed by atoms with E-state index in [2.05, 4.69) is 0 Å². The Hall–Kier alpha value is -2.22. The number of nitrogens with zero attached hydrogens (tertiary/aromatic N) is 2. The molecule has 2 aromatic rings. The third-order valence-corrected chi connectivity index (χ3v) is 6.90. The first kappa shape index (κ1) is 18.2. The maximum absolute atomic E-state index is 12.8. The van der Waals surface area contributed by atoms with Gasteiger partial charge >= 0.3 is 0 Å². The summed E-state index contributed by atoms with van der Waals surface area (Å²) in [7, 11) is -3.37. The molecule has 1 fully saturated rings. The van der Waals surface area contributed by atoms with Crippen molar-refractivity contribution in [2.75, 3.05) is 37.7 Å². The molecule has 0 unspecified atom stereocenters. The molecule has 2 aliphatic rings. The zero-order valence-corrected chi connectivity index (χ0v) is 15.8. The second kappa shape index (κ2) is 7.42. The van der Waals surface area contributed by atoms with Crippen LogP contribution < -0.4 is 4.90 Å². The van der Waals surface area contributed by atoms with Gasteiger partial charge in [-0.25, -0.2) is 8.42 Å². The van der Waals surface area contributed by atoms with Crippen LogP contribution in [0.15, 0.2) is 48.5 Å². The van der Waals surface area contributed by atoms with Crippen molar-refractivity contribution in [3.63, 3.8) is 0 Å². The third-order valence-electron chi connectivity index (χ3n) is 5.05. The number of morpholine rings is 1. The minimum atomic E-state index is -3.37. The molecule has 0 aliphatic carbocycles.